The van der Waals surface area contributed by atoms with Gasteiger partial charge >= 0.3 is 5.97 Å². The number of benzene rings is 2. The smallest absolute Gasteiger partial charge is 0.356 e. The molecule has 0 radical (unpaired) electrons. The molecular weight excluding hydrogens is 637 g/mol. The van der Waals surface area contributed by atoms with Gasteiger partial charge in [0, 0.05) is 15.5 Å². The van der Waals surface area contributed by atoms with E-state index in [-0.39, 0.29) is 23.7 Å². The van der Waals surface area contributed by atoms with Gasteiger partial charge in [-0.05, 0) is 40.4 Å². The molecule has 0 bridgehead atoms. The number of fused-ring (bicyclic) bond motifs is 1. The second kappa shape index (κ2) is 13.0. The highest BCUT2D eigenvalue weighted by molar-refractivity contribution is 8.07. The first-order valence-electron chi connectivity index (χ1n) is 13.5. The fraction of sp³-hybridized carbons (Fsp3) is 0.194. The number of thiazole rings is 1. The zero-order valence-corrected chi connectivity index (χ0v) is 26.6. The summed E-state index contributed by atoms with van der Waals surface area (Å²) in [5.41, 5.74) is 8.19. The molecular formula is C31H26N4O5S4. The Morgan fingerprint density at radius 2 is 1.77 bits per heavy atom. The highest BCUT2D eigenvalue weighted by atomic mass is 32.2. The molecule has 0 unspecified atom stereocenters. The molecule has 224 valence electrons. The summed E-state index contributed by atoms with van der Waals surface area (Å²) in [6.45, 7) is 1.75. The Kier molecular flexibility index (Phi) is 8.89. The van der Waals surface area contributed by atoms with E-state index in [0.717, 1.165) is 16.7 Å². The van der Waals surface area contributed by atoms with Gasteiger partial charge < -0.3 is 15.8 Å². The molecule has 4 aromatic rings. The van der Waals surface area contributed by atoms with Gasteiger partial charge in [0.1, 0.15) is 22.8 Å². The van der Waals surface area contributed by atoms with Crippen LogP contribution in [0.2, 0.25) is 0 Å². The molecule has 2 atom stereocenters. The maximum Gasteiger partial charge on any atom is 0.356 e. The van der Waals surface area contributed by atoms with Gasteiger partial charge in [-0.25, -0.2) is 9.78 Å². The van der Waals surface area contributed by atoms with Crippen molar-refractivity contribution in [3.05, 3.63) is 115 Å². The third-order valence-corrected chi connectivity index (χ3v) is 11.3. The van der Waals surface area contributed by atoms with Gasteiger partial charge in [0.2, 0.25) is 5.91 Å². The number of nitrogens with zero attached hydrogens (tertiary/aromatic N) is 2. The number of rotatable bonds is 10. The van der Waals surface area contributed by atoms with Crippen molar-refractivity contribution in [1.29, 1.82) is 0 Å². The molecule has 2 aromatic carbocycles. The first-order chi connectivity index (χ1) is 21.3. The first kappa shape index (κ1) is 30.1. The van der Waals surface area contributed by atoms with Gasteiger partial charge in [0.05, 0.1) is 6.42 Å². The summed E-state index contributed by atoms with van der Waals surface area (Å²) in [4.78, 5) is 59.4. The molecule has 1 saturated heterocycles. The predicted molar refractivity (Wildman–Crippen MR) is 172 cm³/mol. The van der Waals surface area contributed by atoms with Gasteiger partial charge in [-0.1, -0.05) is 72.4 Å². The van der Waals surface area contributed by atoms with Gasteiger partial charge in [-0.3, -0.25) is 19.3 Å². The van der Waals surface area contributed by atoms with E-state index >= 15 is 0 Å². The molecule has 0 aliphatic carbocycles. The largest absolute Gasteiger partial charge is 0.448 e. The number of β-lactam (4-membered cyclic amide) rings is 1. The summed E-state index contributed by atoms with van der Waals surface area (Å²) in [7, 11) is 0. The van der Waals surface area contributed by atoms with Crippen LogP contribution < -0.4 is 11.1 Å². The van der Waals surface area contributed by atoms with Crippen LogP contribution in [0, 0.1) is 6.92 Å². The fourth-order valence-electron chi connectivity index (χ4n) is 4.96. The highest BCUT2D eigenvalue weighted by Crippen LogP contribution is 2.47. The first-order valence-corrected chi connectivity index (χ1v) is 17.2. The number of thioether (sulfide) groups is 2. The Labute approximate surface area is 269 Å². The molecule has 44 heavy (non-hydrogen) atoms. The number of hydrogen-bond donors (Lipinski definition) is 2. The zero-order chi connectivity index (χ0) is 30.8. The van der Waals surface area contributed by atoms with Crippen molar-refractivity contribution in [3.63, 3.8) is 0 Å². The summed E-state index contributed by atoms with van der Waals surface area (Å²) in [6, 6.07) is 19.9. The Hall–Kier alpha value is -3.91. The number of nitrogens with one attached hydrogen (secondary N) is 1. The third kappa shape index (κ3) is 6.18. The molecule has 3 amide bonds. The monoisotopic (exact) mass is 662 g/mol. The van der Waals surface area contributed by atoms with Crippen LogP contribution in [0.3, 0.4) is 0 Å². The molecule has 2 aliphatic rings. The number of hydrogen-bond acceptors (Lipinski definition) is 10. The van der Waals surface area contributed by atoms with Crippen LogP contribution in [0.5, 0.6) is 0 Å². The number of ether oxygens (including phenoxy) is 1. The van der Waals surface area contributed by atoms with Crippen molar-refractivity contribution >= 4 is 69.9 Å². The molecule has 4 heterocycles. The lowest BCUT2D eigenvalue weighted by Crippen LogP contribution is -2.70. The molecule has 3 N–H and O–H groups in total. The average molecular weight is 663 g/mol. The number of thiophene rings is 1. The Bertz CT molecular complexity index is 1700. The van der Waals surface area contributed by atoms with E-state index in [1.807, 2.05) is 77.5 Å². The summed E-state index contributed by atoms with van der Waals surface area (Å²) < 4.78 is 6.71. The Balaban J connectivity index is 1.31. The van der Waals surface area contributed by atoms with Crippen LogP contribution in [0.4, 0.5) is 0 Å². The van der Waals surface area contributed by atoms with E-state index in [1.165, 1.54) is 51.1 Å². The molecule has 9 nitrogen and oxygen atoms in total. The van der Waals surface area contributed by atoms with Crippen LogP contribution in [0.15, 0.2) is 92.4 Å². The summed E-state index contributed by atoms with van der Waals surface area (Å²) in [5.74, 6) is -1.59. The van der Waals surface area contributed by atoms with Crippen LogP contribution in [0.25, 0.3) is 0 Å². The minimum Gasteiger partial charge on any atom is -0.448 e. The summed E-state index contributed by atoms with van der Waals surface area (Å²) >= 11 is 5.44. The van der Waals surface area contributed by atoms with E-state index in [0.29, 0.717) is 19.9 Å². The van der Waals surface area contributed by atoms with Gasteiger partial charge in [0.15, 0.2) is 10.4 Å². The lowest BCUT2D eigenvalue weighted by atomic mass is 10.0. The van der Waals surface area contributed by atoms with E-state index in [1.54, 1.807) is 6.92 Å². The van der Waals surface area contributed by atoms with E-state index in [2.05, 4.69) is 10.3 Å². The van der Waals surface area contributed by atoms with Crippen LogP contribution in [-0.4, -0.2) is 50.7 Å². The van der Waals surface area contributed by atoms with Gasteiger partial charge in [-0.2, -0.15) is 11.3 Å². The number of esters is 1. The lowest BCUT2D eigenvalue weighted by Gasteiger charge is -2.49. The molecule has 2 aromatic heterocycles. The molecule has 6 rings (SSSR count). The standard InChI is InChI=1S/C31H26N4O5S4/c1-17-23(27(32)37)34-31(43-17)44-21-16-42-29-24(33-22(36)14-18-12-13-41-15-18)28(38)35(29)25(21)30(39)40-26(19-8-4-2-5-9-19)20-10-6-3-7-11-20/h2-13,15,24,26,29H,14,16H2,1H3,(H2,32,37)(H,33,36)/t24-,29+/m1/s1. The number of carbonyl (C=O) groups is 4. The second-order valence-electron chi connectivity index (χ2n) is 9.99. The summed E-state index contributed by atoms with van der Waals surface area (Å²) in [5, 5.41) is 6.16. The third-order valence-electron chi connectivity index (χ3n) is 7.04. The van der Waals surface area contributed by atoms with E-state index < -0.39 is 35.3 Å². The van der Waals surface area contributed by atoms with Gasteiger partial charge in [0.25, 0.3) is 11.8 Å². The molecule has 1 fully saturated rings. The Morgan fingerprint density at radius 1 is 1.09 bits per heavy atom. The number of nitrogens with two attached hydrogens (primary N) is 1. The fourth-order valence-corrected chi connectivity index (χ4v) is 9.37. The molecule has 2 aliphatic heterocycles. The van der Waals surface area contributed by atoms with Crippen molar-refractivity contribution in [2.24, 2.45) is 5.73 Å². The van der Waals surface area contributed by atoms with Crippen LogP contribution >= 0.6 is 46.2 Å². The van der Waals surface area contributed by atoms with E-state index in [4.69, 9.17) is 10.5 Å². The maximum atomic E-state index is 14.1. The van der Waals surface area contributed by atoms with Crippen molar-refractivity contribution in [2.45, 2.75) is 35.2 Å². The number of carbonyl (C=O) groups excluding carboxylic acids is 4. The quantitative estimate of drug-likeness (QED) is 0.181. The molecule has 0 saturated carbocycles. The Morgan fingerprint density at radius 3 is 2.36 bits per heavy atom. The van der Waals surface area contributed by atoms with Crippen molar-refractivity contribution < 1.29 is 23.9 Å². The zero-order valence-electron chi connectivity index (χ0n) is 23.3. The van der Waals surface area contributed by atoms with Crippen molar-refractivity contribution in [1.82, 2.24) is 15.2 Å². The minimum absolute atomic E-state index is 0.109. The molecule has 0 spiro atoms. The molecule has 13 heteroatoms. The topological polar surface area (TPSA) is 132 Å². The van der Waals surface area contributed by atoms with Crippen molar-refractivity contribution in [3.8, 4) is 0 Å². The van der Waals surface area contributed by atoms with Gasteiger partial charge in [-0.15, -0.1) is 23.1 Å². The number of aromatic nitrogens is 1. The van der Waals surface area contributed by atoms with Crippen LogP contribution in [0.1, 0.15) is 38.2 Å². The van der Waals surface area contributed by atoms with E-state index in [9.17, 15) is 19.2 Å². The van der Waals surface area contributed by atoms with Crippen LogP contribution in [-0.2, 0) is 25.5 Å². The number of amides is 3. The highest BCUT2D eigenvalue weighted by Gasteiger charge is 2.55. The van der Waals surface area contributed by atoms with Crippen molar-refractivity contribution in [2.75, 3.05) is 5.75 Å². The lowest BCUT2D eigenvalue weighted by molar-refractivity contribution is -0.154. The predicted octanol–water partition coefficient (Wildman–Crippen LogP) is 4.89. The normalized spacial score (nSPS) is 17.7. The minimum atomic E-state index is -0.775. The SMILES string of the molecule is Cc1sc(SC2=C(C(=O)OC(c3ccccc3)c3ccccc3)N3C(=O)[C@@H](NC(=O)Cc4ccsc4)[C@@H]3SC2)nc1C(N)=O. The summed E-state index contributed by atoms with van der Waals surface area (Å²) in [6.07, 6.45) is -0.560. The second-order valence-corrected chi connectivity index (χ2v) is 14.4. The number of primary amides is 1. The average Bonchev–Trinajstić information content (AvgIpc) is 3.68. The number of aryl methyl sites for hydroxylation is 1. The maximum absolute atomic E-state index is 14.1.